The highest BCUT2D eigenvalue weighted by atomic mass is 19.4. The molecule has 94 valence electrons. The molecule has 0 N–H and O–H groups in total. The number of ether oxygens (including phenoxy) is 3. The number of alkyl halides is 3. The third-order valence-corrected chi connectivity index (χ3v) is 2.35. The Morgan fingerprint density at radius 1 is 1.24 bits per heavy atom. The van der Waals surface area contributed by atoms with Crippen LogP contribution in [0.3, 0.4) is 0 Å². The fourth-order valence-corrected chi connectivity index (χ4v) is 1.52. The van der Waals surface area contributed by atoms with Gasteiger partial charge in [0.15, 0.2) is 11.5 Å². The minimum Gasteiger partial charge on any atom is -0.454 e. The van der Waals surface area contributed by atoms with E-state index in [1.807, 2.05) is 0 Å². The molecule has 1 aromatic carbocycles. The number of hydrogen-bond donors (Lipinski definition) is 0. The van der Waals surface area contributed by atoms with E-state index in [4.69, 9.17) is 9.47 Å². The molecule has 0 unspecified atom stereocenters. The molecular formula is C11H11F3O3. The number of rotatable bonds is 3. The Morgan fingerprint density at radius 3 is 2.53 bits per heavy atom. The van der Waals surface area contributed by atoms with E-state index >= 15 is 0 Å². The van der Waals surface area contributed by atoms with Gasteiger partial charge in [0.2, 0.25) is 6.79 Å². The summed E-state index contributed by atoms with van der Waals surface area (Å²) in [6, 6.07) is 3.38. The zero-order valence-electron chi connectivity index (χ0n) is 9.13. The van der Waals surface area contributed by atoms with Gasteiger partial charge in [0.1, 0.15) is 6.61 Å². The Kier molecular flexibility index (Phi) is 3.15. The van der Waals surface area contributed by atoms with Gasteiger partial charge in [0.25, 0.3) is 0 Å². The predicted octanol–water partition coefficient (Wildman–Crippen LogP) is 2.80. The number of aryl methyl sites for hydroxylation is 1. The Bertz CT molecular complexity index is 415. The highest BCUT2D eigenvalue weighted by molar-refractivity contribution is 5.48. The first-order chi connectivity index (χ1) is 7.96. The van der Waals surface area contributed by atoms with Gasteiger partial charge in [-0.1, -0.05) is 0 Å². The van der Waals surface area contributed by atoms with Crippen molar-refractivity contribution in [3.63, 3.8) is 0 Å². The molecule has 17 heavy (non-hydrogen) atoms. The third-order valence-electron chi connectivity index (χ3n) is 2.35. The van der Waals surface area contributed by atoms with Crippen LogP contribution in [0.4, 0.5) is 13.2 Å². The Labute approximate surface area is 96.1 Å². The SMILES string of the molecule is Cc1cc2c(cc1COCC(F)(F)F)OCO2. The molecule has 0 radical (unpaired) electrons. The molecule has 1 aliphatic rings. The van der Waals surface area contributed by atoms with Crippen LogP contribution in [0.15, 0.2) is 12.1 Å². The molecular weight excluding hydrogens is 237 g/mol. The summed E-state index contributed by atoms with van der Waals surface area (Å²) in [7, 11) is 0. The van der Waals surface area contributed by atoms with Crippen LogP contribution in [-0.2, 0) is 11.3 Å². The highest BCUT2D eigenvalue weighted by Gasteiger charge is 2.27. The van der Waals surface area contributed by atoms with Crippen LogP contribution in [0, 0.1) is 6.92 Å². The van der Waals surface area contributed by atoms with Crippen molar-refractivity contribution in [1.82, 2.24) is 0 Å². The summed E-state index contributed by atoms with van der Waals surface area (Å²) in [5.74, 6) is 1.16. The Morgan fingerprint density at radius 2 is 1.88 bits per heavy atom. The van der Waals surface area contributed by atoms with Gasteiger partial charge in [0.05, 0.1) is 6.61 Å². The Balaban J connectivity index is 2.02. The smallest absolute Gasteiger partial charge is 0.411 e. The molecule has 1 aliphatic heterocycles. The second-order valence-corrected chi connectivity index (χ2v) is 3.74. The molecule has 0 atom stereocenters. The van der Waals surface area contributed by atoms with Crippen molar-refractivity contribution in [3.8, 4) is 11.5 Å². The van der Waals surface area contributed by atoms with Crippen LogP contribution in [0.1, 0.15) is 11.1 Å². The van der Waals surface area contributed by atoms with Gasteiger partial charge in [-0.3, -0.25) is 0 Å². The van der Waals surface area contributed by atoms with Crippen molar-refractivity contribution >= 4 is 0 Å². The molecule has 0 spiro atoms. The molecule has 1 heterocycles. The Hall–Kier alpha value is -1.43. The van der Waals surface area contributed by atoms with E-state index in [9.17, 15) is 13.2 Å². The lowest BCUT2D eigenvalue weighted by atomic mass is 10.1. The van der Waals surface area contributed by atoms with E-state index in [0.29, 0.717) is 17.1 Å². The molecule has 0 fully saturated rings. The molecule has 6 heteroatoms. The van der Waals surface area contributed by atoms with E-state index < -0.39 is 12.8 Å². The van der Waals surface area contributed by atoms with Gasteiger partial charge < -0.3 is 14.2 Å². The minimum atomic E-state index is -4.30. The predicted molar refractivity (Wildman–Crippen MR) is 53.0 cm³/mol. The maximum Gasteiger partial charge on any atom is 0.411 e. The van der Waals surface area contributed by atoms with E-state index in [2.05, 4.69) is 4.74 Å². The maximum absolute atomic E-state index is 11.9. The van der Waals surface area contributed by atoms with Gasteiger partial charge in [-0.05, 0) is 30.2 Å². The first kappa shape index (κ1) is 12.0. The lowest BCUT2D eigenvalue weighted by Crippen LogP contribution is -2.16. The number of benzene rings is 1. The van der Waals surface area contributed by atoms with Gasteiger partial charge in [-0.2, -0.15) is 13.2 Å². The summed E-state index contributed by atoms with van der Waals surface area (Å²) >= 11 is 0. The lowest BCUT2D eigenvalue weighted by Gasteiger charge is -2.10. The first-order valence-corrected chi connectivity index (χ1v) is 4.99. The van der Waals surface area contributed by atoms with Crippen LogP contribution in [-0.4, -0.2) is 19.6 Å². The van der Waals surface area contributed by atoms with Crippen LogP contribution < -0.4 is 9.47 Å². The largest absolute Gasteiger partial charge is 0.454 e. The van der Waals surface area contributed by atoms with Crippen LogP contribution in [0.5, 0.6) is 11.5 Å². The van der Waals surface area contributed by atoms with Gasteiger partial charge >= 0.3 is 6.18 Å². The second-order valence-electron chi connectivity index (χ2n) is 3.74. The van der Waals surface area contributed by atoms with E-state index in [-0.39, 0.29) is 13.4 Å². The van der Waals surface area contributed by atoms with Crippen molar-refractivity contribution < 1.29 is 27.4 Å². The zero-order chi connectivity index (χ0) is 12.5. The zero-order valence-corrected chi connectivity index (χ0v) is 9.13. The van der Waals surface area contributed by atoms with Gasteiger partial charge in [0, 0.05) is 0 Å². The second kappa shape index (κ2) is 4.44. The fourth-order valence-electron chi connectivity index (χ4n) is 1.52. The molecule has 0 aromatic heterocycles. The number of hydrogen-bond acceptors (Lipinski definition) is 3. The van der Waals surface area contributed by atoms with Crippen molar-refractivity contribution in [2.45, 2.75) is 19.7 Å². The standard InChI is InChI=1S/C11H11F3O3/c1-7-2-9-10(17-6-16-9)3-8(7)4-15-5-11(12,13)14/h2-3H,4-6H2,1H3. The molecule has 0 saturated carbocycles. The molecule has 2 rings (SSSR count). The molecule has 0 bridgehead atoms. The quantitative estimate of drug-likeness (QED) is 0.823. The van der Waals surface area contributed by atoms with E-state index in [1.165, 1.54) is 0 Å². The monoisotopic (exact) mass is 248 g/mol. The van der Waals surface area contributed by atoms with Crippen molar-refractivity contribution in [3.05, 3.63) is 23.3 Å². The summed E-state index contributed by atoms with van der Waals surface area (Å²) in [5, 5.41) is 0. The van der Waals surface area contributed by atoms with Crippen molar-refractivity contribution in [1.29, 1.82) is 0 Å². The van der Waals surface area contributed by atoms with Crippen LogP contribution >= 0.6 is 0 Å². The summed E-state index contributed by atoms with van der Waals surface area (Å²) < 4.78 is 50.6. The fraction of sp³-hybridized carbons (Fsp3) is 0.455. The van der Waals surface area contributed by atoms with Crippen LogP contribution in [0.25, 0.3) is 0 Å². The molecule has 0 amide bonds. The van der Waals surface area contributed by atoms with Crippen LogP contribution in [0.2, 0.25) is 0 Å². The normalized spacial score (nSPS) is 14.1. The highest BCUT2D eigenvalue weighted by Crippen LogP contribution is 2.34. The maximum atomic E-state index is 11.9. The average molecular weight is 248 g/mol. The molecule has 0 aliphatic carbocycles. The third kappa shape index (κ3) is 3.03. The summed E-state index contributed by atoms with van der Waals surface area (Å²) in [4.78, 5) is 0. The van der Waals surface area contributed by atoms with Gasteiger partial charge in [-0.25, -0.2) is 0 Å². The molecule has 0 saturated heterocycles. The summed E-state index contributed by atoms with van der Waals surface area (Å²) in [5.41, 5.74) is 1.48. The number of fused-ring (bicyclic) bond motifs is 1. The van der Waals surface area contributed by atoms with Gasteiger partial charge in [-0.15, -0.1) is 0 Å². The molecule has 3 nitrogen and oxygen atoms in total. The molecule has 1 aromatic rings. The topological polar surface area (TPSA) is 27.7 Å². The minimum absolute atomic E-state index is 0.0953. The summed E-state index contributed by atoms with van der Waals surface area (Å²) in [6.07, 6.45) is -4.30. The first-order valence-electron chi connectivity index (χ1n) is 4.99. The average Bonchev–Trinajstić information content (AvgIpc) is 2.63. The van der Waals surface area contributed by atoms with E-state index in [1.54, 1.807) is 19.1 Å². The lowest BCUT2D eigenvalue weighted by molar-refractivity contribution is -0.176. The summed E-state index contributed by atoms with van der Waals surface area (Å²) in [6.45, 7) is 0.582. The number of halogens is 3. The van der Waals surface area contributed by atoms with Crippen molar-refractivity contribution in [2.24, 2.45) is 0 Å². The van der Waals surface area contributed by atoms with Crippen molar-refractivity contribution in [2.75, 3.05) is 13.4 Å². The van der Waals surface area contributed by atoms with E-state index in [0.717, 1.165) is 5.56 Å².